The predicted octanol–water partition coefficient (Wildman–Crippen LogP) is 1.94. The number of morpholine rings is 1. The van der Waals surface area contributed by atoms with Crippen LogP contribution in [0.15, 0.2) is 12.1 Å². The largest absolute Gasteiger partial charge is 0.496 e. The zero-order valence-corrected chi connectivity index (χ0v) is 16.5. The Morgan fingerprint density at radius 2 is 1.65 bits per heavy atom. The van der Waals surface area contributed by atoms with Gasteiger partial charge in [0.1, 0.15) is 5.75 Å². The predicted molar refractivity (Wildman–Crippen MR) is 99.5 cm³/mol. The molecule has 1 aliphatic rings. The lowest BCUT2D eigenvalue weighted by Crippen LogP contribution is -2.52. The van der Waals surface area contributed by atoms with Crippen molar-refractivity contribution in [1.29, 1.82) is 0 Å². The summed E-state index contributed by atoms with van der Waals surface area (Å²) in [6.07, 6.45) is 0.394. The second-order valence-corrected chi connectivity index (χ2v) is 6.68. The molecule has 0 saturated carbocycles. The summed E-state index contributed by atoms with van der Waals surface area (Å²) in [5.41, 5.74) is 0.418. The zero-order valence-electron chi connectivity index (χ0n) is 16.5. The van der Waals surface area contributed by atoms with Gasteiger partial charge in [-0.25, -0.2) is 0 Å². The quantitative estimate of drug-likeness (QED) is 0.795. The van der Waals surface area contributed by atoms with Crippen LogP contribution in [0.5, 0.6) is 17.2 Å². The minimum atomic E-state index is -0.205. The van der Waals surface area contributed by atoms with Gasteiger partial charge in [-0.2, -0.15) is 0 Å². The molecule has 0 spiro atoms. The van der Waals surface area contributed by atoms with E-state index in [9.17, 15) is 4.79 Å². The van der Waals surface area contributed by atoms with Crippen LogP contribution < -0.4 is 19.5 Å². The average molecular weight is 366 g/mol. The van der Waals surface area contributed by atoms with E-state index in [1.165, 1.54) is 14.2 Å². The van der Waals surface area contributed by atoms with E-state index in [-0.39, 0.29) is 24.2 Å². The number of hydrogen-bond donors (Lipinski definition) is 1. The Labute approximate surface area is 155 Å². The summed E-state index contributed by atoms with van der Waals surface area (Å²) in [4.78, 5) is 15.0. The normalized spacial score (nSPS) is 21.8. The first-order chi connectivity index (χ1) is 12.4. The average Bonchev–Trinajstić information content (AvgIpc) is 2.63. The molecule has 26 heavy (non-hydrogen) atoms. The molecule has 0 radical (unpaired) electrons. The molecule has 2 rings (SSSR count). The lowest BCUT2D eigenvalue weighted by Gasteiger charge is -2.39. The number of nitrogens with zero attached hydrogens (tertiary/aromatic N) is 1. The molecule has 1 N–H and O–H groups in total. The summed E-state index contributed by atoms with van der Waals surface area (Å²) in [5.74, 6) is 1.25. The zero-order chi connectivity index (χ0) is 19.3. The minimum Gasteiger partial charge on any atom is -0.496 e. The van der Waals surface area contributed by atoms with Crippen LogP contribution in [-0.4, -0.2) is 70.0 Å². The van der Waals surface area contributed by atoms with Gasteiger partial charge in [-0.15, -0.1) is 0 Å². The van der Waals surface area contributed by atoms with E-state index in [0.717, 1.165) is 13.1 Å². The van der Waals surface area contributed by atoms with Gasteiger partial charge in [-0.05, 0) is 20.8 Å². The Morgan fingerprint density at radius 1 is 1.12 bits per heavy atom. The molecule has 146 valence electrons. The van der Waals surface area contributed by atoms with Crippen molar-refractivity contribution in [1.82, 2.24) is 10.2 Å². The van der Waals surface area contributed by atoms with Gasteiger partial charge in [0.2, 0.25) is 0 Å². The first-order valence-corrected chi connectivity index (χ1v) is 8.87. The summed E-state index contributed by atoms with van der Waals surface area (Å²) in [6, 6.07) is 3.50. The van der Waals surface area contributed by atoms with Crippen LogP contribution in [0.4, 0.5) is 0 Å². The van der Waals surface area contributed by atoms with Crippen molar-refractivity contribution in [2.24, 2.45) is 0 Å². The number of benzene rings is 1. The van der Waals surface area contributed by atoms with Crippen LogP contribution >= 0.6 is 0 Å². The standard InChI is InChI=1S/C19H30N2O5/c1-12(21-10-13(2)26-14(3)11-21)9-20-19(22)15-7-17(24-5)18(25-6)8-16(15)23-4/h7-8,12-14H,9-11H2,1-6H3,(H,20,22). The third-order valence-corrected chi connectivity index (χ3v) is 4.58. The fourth-order valence-corrected chi connectivity index (χ4v) is 3.25. The molecule has 7 heteroatoms. The Bertz CT molecular complexity index is 612. The molecule has 1 fully saturated rings. The van der Waals surface area contributed by atoms with Crippen LogP contribution in [0, 0.1) is 0 Å². The maximum atomic E-state index is 12.7. The van der Waals surface area contributed by atoms with Gasteiger partial charge >= 0.3 is 0 Å². The first kappa shape index (κ1) is 20.3. The van der Waals surface area contributed by atoms with Gasteiger partial charge in [0.15, 0.2) is 11.5 Å². The van der Waals surface area contributed by atoms with E-state index in [1.54, 1.807) is 19.2 Å². The van der Waals surface area contributed by atoms with Crippen LogP contribution in [0.2, 0.25) is 0 Å². The van der Waals surface area contributed by atoms with Crippen molar-refractivity contribution >= 4 is 5.91 Å². The molecular weight excluding hydrogens is 336 g/mol. The molecule has 1 heterocycles. The van der Waals surface area contributed by atoms with Crippen LogP contribution in [0.25, 0.3) is 0 Å². The third kappa shape index (κ3) is 4.80. The second-order valence-electron chi connectivity index (χ2n) is 6.68. The summed E-state index contributed by atoms with van der Waals surface area (Å²) in [6.45, 7) is 8.51. The number of nitrogens with one attached hydrogen (secondary N) is 1. The molecule has 0 aromatic heterocycles. The molecule has 7 nitrogen and oxygen atoms in total. The van der Waals surface area contributed by atoms with Crippen molar-refractivity contribution < 1.29 is 23.7 Å². The van der Waals surface area contributed by atoms with Crippen LogP contribution in [0.3, 0.4) is 0 Å². The summed E-state index contributed by atoms with van der Waals surface area (Å²) >= 11 is 0. The lowest BCUT2D eigenvalue weighted by molar-refractivity contribution is -0.0778. The van der Waals surface area contributed by atoms with Gasteiger partial charge in [-0.1, -0.05) is 0 Å². The number of carbonyl (C=O) groups excluding carboxylic acids is 1. The number of carbonyl (C=O) groups is 1. The molecule has 0 aliphatic carbocycles. The molecule has 0 bridgehead atoms. The van der Waals surface area contributed by atoms with Gasteiger partial charge in [0.25, 0.3) is 5.91 Å². The number of methoxy groups -OCH3 is 3. The van der Waals surface area contributed by atoms with E-state index in [1.807, 2.05) is 0 Å². The number of ether oxygens (including phenoxy) is 4. The van der Waals surface area contributed by atoms with E-state index < -0.39 is 0 Å². The van der Waals surface area contributed by atoms with Crippen molar-refractivity contribution in [2.45, 2.75) is 39.0 Å². The highest BCUT2D eigenvalue weighted by atomic mass is 16.5. The van der Waals surface area contributed by atoms with Gasteiger partial charge in [0.05, 0.1) is 39.1 Å². The molecule has 1 amide bonds. The van der Waals surface area contributed by atoms with Crippen LogP contribution in [-0.2, 0) is 4.74 Å². The molecule has 1 aromatic rings. The van der Waals surface area contributed by atoms with E-state index >= 15 is 0 Å². The third-order valence-electron chi connectivity index (χ3n) is 4.58. The van der Waals surface area contributed by atoms with Crippen molar-refractivity contribution in [3.63, 3.8) is 0 Å². The fourth-order valence-electron chi connectivity index (χ4n) is 3.25. The van der Waals surface area contributed by atoms with Gasteiger partial charge < -0.3 is 24.3 Å². The monoisotopic (exact) mass is 366 g/mol. The Morgan fingerprint density at radius 3 is 2.19 bits per heavy atom. The Kier molecular flexibility index (Phi) is 7.11. The number of rotatable bonds is 7. The maximum Gasteiger partial charge on any atom is 0.255 e. The molecule has 3 atom stereocenters. The summed E-state index contributed by atoms with van der Waals surface area (Å²) < 4.78 is 21.6. The molecule has 1 aliphatic heterocycles. The molecule has 1 aromatic carbocycles. The highest BCUT2D eigenvalue weighted by Crippen LogP contribution is 2.34. The SMILES string of the molecule is COc1cc(OC)c(C(=O)NCC(C)N2CC(C)OC(C)C2)cc1OC. The molecular formula is C19H30N2O5. The van der Waals surface area contributed by atoms with Crippen LogP contribution in [0.1, 0.15) is 31.1 Å². The van der Waals surface area contributed by atoms with Crippen molar-refractivity contribution in [3.05, 3.63) is 17.7 Å². The molecule has 1 saturated heterocycles. The van der Waals surface area contributed by atoms with E-state index in [0.29, 0.717) is 29.4 Å². The summed E-state index contributed by atoms with van der Waals surface area (Å²) in [5, 5.41) is 2.99. The lowest BCUT2D eigenvalue weighted by atomic mass is 10.1. The number of hydrogen-bond acceptors (Lipinski definition) is 6. The second kappa shape index (κ2) is 9.09. The highest BCUT2D eigenvalue weighted by molar-refractivity contribution is 5.97. The van der Waals surface area contributed by atoms with Gasteiger partial charge in [-0.3, -0.25) is 9.69 Å². The topological polar surface area (TPSA) is 69.3 Å². The minimum absolute atomic E-state index is 0.197. The van der Waals surface area contributed by atoms with Crippen molar-refractivity contribution in [2.75, 3.05) is 41.0 Å². The first-order valence-electron chi connectivity index (χ1n) is 8.87. The Hall–Kier alpha value is -1.99. The summed E-state index contributed by atoms with van der Waals surface area (Å²) in [7, 11) is 4.61. The van der Waals surface area contributed by atoms with Crippen molar-refractivity contribution in [3.8, 4) is 17.2 Å². The fraction of sp³-hybridized carbons (Fsp3) is 0.632. The molecule has 3 unspecified atom stereocenters. The smallest absolute Gasteiger partial charge is 0.255 e. The van der Waals surface area contributed by atoms with Gasteiger partial charge in [0, 0.05) is 37.8 Å². The van der Waals surface area contributed by atoms with E-state index in [2.05, 4.69) is 31.0 Å². The van der Waals surface area contributed by atoms with E-state index in [4.69, 9.17) is 18.9 Å². The number of amides is 1. The Balaban J connectivity index is 2.05. The highest BCUT2D eigenvalue weighted by Gasteiger charge is 2.26. The maximum absolute atomic E-state index is 12.7.